The first-order valence-corrected chi connectivity index (χ1v) is 7.13. The molecule has 2 aromatic rings. The van der Waals surface area contributed by atoms with Crippen molar-refractivity contribution in [3.05, 3.63) is 36.0 Å². The Kier molecular flexibility index (Phi) is 3.30. The zero-order valence-electron chi connectivity index (χ0n) is 11.7. The molecule has 4 nitrogen and oxygen atoms in total. The molecule has 0 atom stereocenters. The van der Waals surface area contributed by atoms with E-state index in [1.807, 2.05) is 36.1 Å². The fraction of sp³-hybridized carbons (Fsp3) is 0.375. The fourth-order valence-corrected chi connectivity index (χ4v) is 2.52. The average Bonchev–Trinajstić information content (AvgIpc) is 3.29. The second-order valence-electron chi connectivity index (χ2n) is 5.39. The van der Waals surface area contributed by atoms with Gasteiger partial charge in [-0.05, 0) is 31.1 Å². The van der Waals surface area contributed by atoms with Gasteiger partial charge in [-0.1, -0.05) is 24.3 Å². The van der Waals surface area contributed by atoms with E-state index in [0.29, 0.717) is 17.3 Å². The molecular weight excluding hydrogens is 250 g/mol. The summed E-state index contributed by atoms with van der Waals surface area (Å²) in [5.74, 6) is 1.22. The molecule has 3 rings (SSSR count). The molecular formula is C16H19N3O. The number of rotatable bonds is 4. The number of benzene rings is 1. The van der Waals surface area contributed by atoms with Gasteiger partial charge in [-0.25, -0.2) is 4.98 Å². The molecule has 0 saturated heterocycles. The maximum absolute atomic E-state index is 12.7. The van der Waals surface area contributed by atoms with Crippen molar-refractivity contribution in [1.82, 2.24) is 9.88 Å². The SMILES string of the molecule is CCN(CC1CC1)C(=O)c1cnc(N)c2ccccc12. The summed E-state index contributed by atoms with van der Waals surface area (Å²) in [5, 5.41) is 1.74. The normalized spacial score (nSPS) is 14.4. The predicted octanol–water partition coefficient (Wildman–Crippen LogP) is 2.69. The van der Waals surface area contributed by atoms with Crippen LogP contribution in [0.5, 0.6) is 0 Å². The van der Waals surface area contributed by atoms with Crippen LogP contribution in [-0.4, -0.2) is 28.9 Å². The van der Waals surface area contributed by atoms with Crippen LogP contribution in [0.2, 0.25) is 0 Å². The molecule has 1 saturated carbocycles. The largest absolute Gasteiger partial charge is 0.383 e. The summed E-state index contributed by atoms with van der Waals surface area (Å²) in [5.41, 5.74) is 6.54. The Balaban J connectivity index is 2.00. The summed E-state index contributed by atoms with van der Waals surface area (Å²) in [6.07, 6.45) is 4.09. The van der Waals surface area contributed by atoms with E-state index in [9.17, 15) is 4.79 Å². The number of carbonyl (C=O) groups excluding carboxylic acids is 1. The van der Waals surface area contributed by atoms with E-state index in [4.69, 9.17) is 5.73 Å². The minimum absolute atomic E-state index is 0.0584. The molecule has 0 bridgehead atoms. The molecule has 1 heterocycles. The molecule has 1 fully saturated rings. The standard InChI is InChI=1S/C16H19N3O/c1-2-19(10-11-7-8-11)16(20)14-9-18-15(17)13-6-4-3-5-12(13)14/h3-6,9,11H,2,7-8,10H2,1H3,(H2,17,18). The molecule has 104 valence electrons. The van der Waals surface area contributed by atoms with Crippen LogP contribution >= 0.6 is 0 Å². The molecule has 1 aliphatic rings. The van der Waals surface area contributed by atoms with E-state index < -0.39 is 0 Å². The van der Waals surface area contributed by atoms with Crippen LogP contribution in [0.15, 0.2) is 30.5 Å². The summed E-state index contributed by atoms with van der Waals surface area (Å²) < 4.78 is 0. The molecule has 0 aliphatic heterocycles. The van der Waals surface area contributed by atoms with Crippen molar-refractivity contribution in [2.45, 2.75) is 19.8 Å². The number of nitrogens with two attached hydrogens (primary N) is 1. The van der Waals surface area contributed by atoms with E-state index in [1.165, 1.54) is 12.8 Å². The first kappa shape index (κ1) is 12.9. The highest BCUT2D eigenvalue weighted by Crippen LogP contribution is 2.31. The Morgan fingerprint density at radius 3 is 2.70 bits per heavy atom. The Morgan fingerprint density at radius 1 is 1.35 bits per heavy atom. The highest BCUT2D eigenvalue weighted by atomic mass is 16.2. The minimum Gasteiger partial charge on any atom is -0.383 e. The van der Waals surface area contributed by atoms with Crippen LogP contribution in [0.25, 0.3) is 10.8 Å². The molecule has 1 aromatic carbocycles. The lowest BCUT2D eigenvalue weighted by molar-refractivity contribution is 0.0758. The molecule has 0 unspecified atom stereocenters. The van der Waals surface area contributed by atoms with E-state index in [-0.39, 0.29) is 5.91 Å². The summed E-state index contributed by atoms with van der Waals surface area (Å²) in [6, 6.07) is 7.68. The molecule has 1 aliphatic carbocycles. The van der Waals surface area contributed by atoms with Crippen LogP contribution in [0, 0.1) is 5.92 Å². The smallest absolute Gasteiger partial charge is 0.256 e. The van der Waals surface area contributed by atoms with Gasteiger partial charge in [0.25, 0.3) is 5.91 Å². The first-order valence-electron chi connectivity index (χ1n) is 7.13. The van der Waals surface area contributed by atoms with Crippen molar-refractivity contribution in [3.63, 3.8) is 0 Å². The number of pyridine rings is 1. The number of fused-ring (bicyclic) bond motifs is 1. The second-order valence-corrected chi connectivity index (χ2v) is 5.39. The van der Waals surface area contributed by atoms with Gasteiger partial charge in [0.2, 0.25) is 0 Å². The van der Waals surface area contributed by atoms with E-state index in [1.54, 1.807) is 6.20 Å². The molecule has 0 spiro atoms. The van der Waals surface area contributed by atoms with Crippen molar-refractivity contribution in [1.29, 1.82) is 0 Å². The minimum atomic E-state index is 0.0584. The number of anilines is 1. The lowest BCUT2D eigenvalue weighted by atomic mass is 10.1. The van der Waals surface area contributed by atoms with Crippen molar-refractivity contribution in [2.75, 3.05) is 18.8 Å². The van der Waals surface area contributed by atoms with Gasteiger partial charge in [0.15, 0.2) is 0 Å². The molecule has 2 N–H and O–H groups in total. The summed E-state index contributed by atoms with van der Waals surface area (Å²) in [6.45, 7) is 3.61. The molecule has 1 amide bonds. The van der Waals surface area contributed by atoms with Crippen LogP contribution in [0.1, 0.15) is 30.1 Å². The van der Waals surface area contributed by atoms with E-state index in [2.05, 4.69) is 4.98 Å². The maximum atomic E-state index is 12.7. The van der Waals surface area contributed by atoms with Crippen LogP contribution in [-0.2, 0) is 0 Å². The van der Waals surface area contributed by atoms with Crippen molar-refractivity contribution in [3.8, 4) is 0 Å². The van der Waals surface area contributed by atoms with Crippen molar-refractivity contribution < 1.29 is 4.79 Å². The Bertz CT molecular complexity index is 649. The van der Waals surface area contributed by atoms with Gasteiger partial charge in [-0.2, -0.15) is 0 Å². The third kappa shape index (κ3) is 2.33. The number of amides is 1. The average molecular weight is 269 g/mol. The summed E-state index contributed by atoms with van der Waals surface area (Å²) in [7, 11) is 0. The summed E-state index contributed by atoms with van der Waals surface area (Å²) >= 11 is 0. The van der Waals surface area contributed by atoms with Gasteiger partial charge in [0, 0.05) is 24.7 Å². The first-order chi connectivity index (χ1) is 9.70. The van der Waals surface area contributed by atoms with E-state index in [0.717, 1.165) is 23.9 Å². The zero-order valence-corrected chi connectivity index (χ0v) is 11.7. The van der Waals surface area contributed by atoms with Gasteiger partial charge in [-0.3, -0.25) is 4.79 Å². The van der Waals surface area contributed by atoms with Crippen molar-refractivity contribution in [2.24, 2.45) is 5.92 Å². The third-order valence-electron chi connectivity index (χ3n) is 3.90. The fourth-order valence-electron chi connectivity index (χ4n) is 2.52. The van der Waals surface area contributed by atoms with Crippen LogP contribution in [0.4, 0.5) is 5.82 Å². The highest BCUT2D eigenvalue weighted by molar-refractivity contribution is 6.08. The second kappa shape index (κ2) is 5.12. The lowest BCUT2D eigenvalue weighted by Gasteiger charge is -2.21. The highest BCUT2D eigenvalue weighted by Gasteiger charge is 2.27. The van der Waals surface area contributed by atoms with Gasteiger partial charge in [0.05, 0.1) is 5.56 Å². The number of hydrogen-bond donors (Lipinski definition) is 1. The number of nitrogens with zero attached hydrogens (tertiary/aromatic N) is 2. The third-order valence-corrected chi connectivity index (χ3v) is 3.90. The number of nitrogen functional groups attached to an aromatic ring is 1. The van der Waals surface area contributed by atoms with Crippen LogP contribution in [0.3, 0.4) is 0 Å². The number of aromatic nitrogens is 1. The van der Waals surface area contributed by atoms with Gasteiger partial charge in [-0.15, -0.1) is 0 Å². The monoisotopic (exact) mass is 269 g/mol. The van der Waals surface area contributed by atoms with Gasteiger partial charge >= 0.3 is 0 Å². The zero-order chi connectivity index (χ0) is 14.1. The topological polar surface area (TPSA) is 59.2 Å². The molecule has 4 heteroatoms. The lowest BCUT2D eigenvalue weighted by Crippen LogP contribution is -2.33. The quantitative estimate of drug-likeness (QED) is 0.928. The van der Waals surface area contributed by atoms with Crippen LogP contribution < -0.4 is 5.73 Å². The number of hydrogen-bond acceptors (Lipinski definition) is 3. The molecule has 20 heavy (non-hydrogen) atoms. The van der Waals surface area contributed by atoms with Crippen molar-refractivity contribution >= 4 is 22.5 Å². The predicted molar refractivity (Wildman–Crippen MR) is 80.5 cm³/mol. The molecule has 0 radical (unpaired) electrons. The maximum Gasteiger partial charge on any atom is 0.256 e. The Hall–Kier alpha value is -2.10. The van der Waals surface area contributed by atoms with E-state index >= 15 is 0 Å². The van der Waals surface area contributed by atoms with Gasteiger partial charge < -0.3 is 10.6 Å². The summed E-state index contributed by atoms with van der Waals surface area (Å²) in [4.78, 5) is 18.8. The number of carbonyl (C=O) groups is 1. The molecule has 1 aromatic heterocycles. The Morgan fingerprint density at radius 2 is 2.05 bits per heavy atom. The Labute approximate surface area is 118 Å². The van der Waals surface area contributed by atoms with Gasteiger partial charge in [0.1, 0.15) is 5.82 Å².